The van der Waals surface area contributed by atoms with Gasteiger partial charge >= 0.3 is 7.12 Å². The fourth-order valence-corrected chi connectivity index (χ4v) is 5.04. The van der Waals surface area contributed by atoms with Crippen LogP contribution in [0.4, 0.5) is 17.2 Å². The number of pyridine rings is 2. The lowest BCUT2D eigenvalue weighted by atomic mass is 9.80. The number of piperazine rings is 1. The minimum Gasteiger partial charge on any atom is -0.399 e. The van der Waals surface area contributed by atoms with Crippen molar-refractivity contribution in [3.63, 3.8) is 0 Å². The lowest BCUT2D eigenvalue weighted by Crippen LogP contribution is -2.60. The van der Waals surface area contributed by atoms with Crippen molar-refractivity contribution in [2.45, 2.75) is 64.3 Å². The molecule has 11 heteroatoms. The molecule has 0 saturated carbocycles. The molecule has 0 aromatic carbocycles. The van der Waals surface area contributed by atoms with Crippen LogP contribution in [0.5, 0.6) is 0 Å². The Kier molecular flexibility index (Phi) is 8.02. The highest BCUT2D eigenvalue weighted by Gasteiger charge is 2.52. The molecule has 2 aromatic rings. The van der Waals surface area contributed by atoms with E-state index in [1.54, 1.807) is 23.9 Å². The van der Waals surface area contributed by atoms with Crippen LogP contribution in [0, 0.1) is 0 Å². The quantitative estimate of drug-likeness (QED) is 0.571. The van der Waals surface area contributed by atoms with Crippen molar-refractivity contribution in [1.82, 2.24) is 14.5 Å². The number of rotatable bonds is 6. The van der Waals surface area contributed by atoms with Gasteiger partial charge in [0.1, 0.15) is 11.5 Å². The lowest BCUT2D eigenvalue weighted by molar-refractivity contribution is -0.0698. The molecule has 0 spiro atoms. The van der Waals surface area contributed by atoms with E-state index in [1.165, 1.54) is 0 Å². The second kappa shape index (κ2) is 10.6. The van der Waals surface area contributed by atoms with Crippen LogP contribution in [0.15, 0.2) is 35.4 Å². The van der Waals surface area contributed by atoms with Crippen molar-refractivity contribution < 1.29 is 14.0 Å². The highest BCUT2D eigenvalue weighted by atomic mass is 32.1. The molecule has 3 aliphatic rings. The van der Waals surface area contributed by atoms with Gasteiger partial charge in [0, 0.05) is 44.4 Å². The smallest absolute Gasteiger partial charge is 0.399 e. The zero-order valence-corrected chi connectivity index (χ0v) is 23.8. The van der Waals surface area contributed by atoms with Gasteiger partial charge in [0.15, 0.2) is 0 Å². The first-order valence-electron chi connectivity index (χ1n) is 13.0. The van der Waals surface area contributed by atoms with Crippen molar-refractivity contribution in [3.05, 3.63) is 40.9 Å². The summed E-state index contributed by atoms with van der Waals surface area (Å²) in [5, 5.41) is 3.21. The Morgan fingerprint density at radius 2 is 1.84 bits per heavy atom. The van der Waals surface area contributed by atoms with Crippen molar-refractivity contribution in [3.8, 4) is 0 Å². The number of hydrogen-bond acceptors (Lipinski definition) is 8. The van der Waals surface area contributed by atoms with Crippen LogP contribution < -0.4 is 21.2 Å². The van der Waals surface area contributed by atoms with E-state index < -0.39 is 18.3 Å². The minimum absolute atomic E-state index is 0. The van der Waals surface area contributed by atoms with E-state index in [-0.39, 0.29) is 19.1 Å². The monoisotopic (exact) mass is 529 g/mol. The molecule has 5 heterocycles. The van der Waals surface area contributed by atoms with Crippen molar-refractivity contribution in [1.29, 1.82) is 0 Å². The van der Waals surface area contributed by atoms with E-state index in [0.717, 1.165) is 50.4 Å². The van der Waals surface area contributed by atoms with Gasteiger partial charge in [0.25, 0.3) is 5.56 Å². The summed E-state index contributed by atoms with van der Waals surface area (Å²) in [6.07, 6.45) is 4.74. The summed E-state index contributed by atoms with van der Waals surface area (Å²) in [5.41, 5.74) is 1.29. The summed E-state index contributed by atoms with van der Waals surface area (Å²) >= 11 is 0. The van der Waals surface area contributed by atoms with Gasteiger partial charge < -0.3 is 28.8 Å². The molecule has 2 aromatic heterocycles. The Morgan fingerprint density at radius 1 is 1.14 bits per heavy atom. The maximum Gasteiger partial charge on any atom is 0.496 e. The molecular weight excluding hydrogens is 489 g/mol. The Bertz CT molecular complexity index is 1140. The summed E-state index contributed by atoms with van der Waals surface area (Å²) < 4.78 is 19.3. The van der Waals surface area contributed by atoms with E-state index in [2.05, 4.69) is 33.1 Å². The maximum atomic E-state index is 12.9. The summed E-state index contributed by atoms with van der Waals surface area (Å²) in [4.78, 5) is 22.5. The number of nitrogens with zero attached hydrogens (tertiary/aromatic N) is 4. The molecule has 0 bridgehead atoms. The molecule has 9 nitrogen and oxygen atoms in total. The average molecular weight is 530 g/mol. The number of nitrogens with one attached hydrogen (secondary N) is 1. The summed E-state index contributed by atoms with van der Waals surface area (Å²) in [6.45, 7) is 15.1. The second-order valence-corrected chi connectivity index (χ2v) is 11.2. The first kappa shape index (κ1) is 28.0. The van der Waals surface area contributed by atoms with E-state index in [4.69, 9.17) is 14.0 Å². The fourth-order valence-electron chi connectivity index (χ4n) is 5.04. The predicted molar refractivity (Wildman–Crippen MR) is 153 cm³/mol. The van der Waals surface area contributed by atoms with Crippen LogP contribution in [0.25, 0.3) is 0 Å². The topological polar surface area (TPSA) is 81.1 Å². The van der Waals surface area contributed by atoms with Crippen LogP contribution in [-0.2, 0) is 21.1 Å². The molecule has 0 unspecified atom stereocenters. The van der Waals surface area contributed by atoms with E-state index in [9.17, 15) is 4.79 Å². The molecule has 0 aliphatic carbocycles. The van der Waals surface area contributed by atoms with E-state index in [0.29, 0.717) is 23.6 Å². The van der Waals surface area contributed by atoms with Gasteiger partial charge in [-0.15, -0.1) is 0 Å². The van der Waals surface area contributed by atoms with Crippen LogP contribution in [-0.4, -0.2) is 77.7 Å². The Labute approximate surface area is 227 Å². The van der Waals surface area contributed by atoms with Gasteiger partial charge in [-0.05, 0) is 52.3 Å². The summed E-state index contributed by atoms with van der Waals surface area (Å²) in [5.74, 6) is 0.625. The largest absolute Gasteiger partial charge is 0.496 e. The predicted octanol–water partition coefficient (Wildman–Crippen LogP) is 2.24. The van der Waals surface area contributed by atoms with Crippen LogP contribution in [0.3, 0.4) is 0 Å². The van der Waals surface area contributed by atoms with Gasteiger partial charge in [-0.25, -0.2) is 4.98 Å². The molecule has 202 valence electrons. The van der Waals surface area contributed by atoms with Gasteiger partial charge in [-0.1, -0.05) is 6.92 Å². The molecule has 0 radical (unpaired) electrons. The van der Waals surface area contributed by atoms with Crippen LogP contribution in [0.1, 0.15) is 41.0 Å². The van der Waals surface area contributed by atoms with Gasteiger partial charge in [0.2, 0.25) is 0 Å². The minimum atomic E-state index is -0.547. The zero-order chi connectivity index (χ0) is 25.7. The molecule has 37 heavy (non-hydrogen) atoms. The molecule has 1 atom stereocenters. The van der Waals surface area contributed by atoms with Crippen molar-refractivity contribution in [2.24, 2.45) is 7.05 Å². The normalized spacial score (nSPS) is 23.5. The second-order valence-electron chi connectivity index (χ2n) is 11.2. The molecule has 3 aliphatic heterocycles. The average Bonchev–Trinajstić information content (AvgIpc) is 3.03. The third kappa shape index (κ3) is 5.42. The first-order chi connectivity index (χ1) is 17.1. The highest BCUT2D eigenvalue weighted by Crippen LogP contribution is 2.36. The van der Waals surface area contributed by atoms with Crippen molar-refractivity contribution in [2.75, 3.05) is 43.1 Å². The number of ether oxygens (including phenoxy) is 1. The standard InChI is InChI=1S/C26H38BN5O4.H2S/c1-7-19-15-31(21-16-34-17-21)10-11-32(19)20-8-9-23(28-13-20)29-22-12-18(14-30(6)24(22)33)27-35-25(2,3)26(4,5)36-27;/h8-9,12-14,19,21H,7,10-11,15-17H2,1-6H3,(H,28,29);1H2/t19-;/m0./s1. The number of aryl methyl sites for hydroxylation is 1. The van der Waals surface area contributed by atoms with E-state index >= 15 is 0 Å². The maximum absolute atomic E-state index is 12.9. The Morgan fingerprint density at radius 3 is 2.41 bits per heavy atom. The van der Waals surface area contributed by atoms with Gasteiger partial charge in [-0.3, -0.25) is 9.69 Å². The van der Waals surface area contributed by atoms with Crippen molar-refractivity contribution >= 4 is 43.3 Å². The number of anilines is 3. The molecular formula is C26H40BN5O4S. The summed E-state index contributed by atoms with van der Waals surface area (Å²) in [6, 6.07) is 6.85. The fraction of sp³-hybridized carbons (Fsp3) is 0.615. The highest BCUT2D eigenvalue weighted by molar-refractivity contribution is 7.59. The molecule has 3 saturated heterocycles. The van der Waals surface area contributed by atoms with Crippen LogP contribution in [0.2, 0.25) is 0 Å². The molecule has 0 amide bonds. The number of aromatic nitrogens is 2. The Balaban J connectivity index is 0.00000320. The Hall–Kier alpha value is -2.05. The third-order valence-electron chi connectivity index (χ3n) is 8.19. The van der Waals surface area contributed by atoms with E-state index in [1.807, 2.05) is 40.0 Å². The van der Waals surface area contributed by atoms with Gasteiger partial charge in [-0.2, -0.15) is 13.5 Å². The van der Waals surface area contributed by atoms with Gasteiger partial charge in [0.05, 0.1) is 42.3 Å². The molecule has 3 fully saturated rings. The first-order valence-corrected chi connectivity index (χ1v) is 13.0. The lowest BCUT2D eigenvalue weighted by Gasteiger charge is -2.47. The summed E-state index contributed by atoms with van der Waals surface area (Å²) in [7, 11) is 1.19. The zero-order valence-electron chi connectivity index (χ0n) is 22.8. The number of hydrogen-bond donors (Lipinski definition) is 1. The molecule has 5 rings (SSSR count). The SMILES string of the molecule is CC[C@H]1CN(C2COC2)CCN1c1ccc(Nc2cc(B3OC(C)(C)C(C)(C)O3)cn(C)c2=O)nc1.S. The van der Waals surface area contributed by atoms with Crippen LogP contribution >= 0.6 is 13.5 Å². The molecule has 1 N–H and O–H groups in total. The third-order valence-corrected chi connectivity index (χ3v) is 8.19.